The maximum atomic E-state index is 12.0. The number of benzene rings is 1. The first-order valence-corrected chi connectivity index (χ1v) is 6.46. The van der Waals surface area contributed by atoms with E-state index in [1.807, 2.05) is 0 Å². The van der Waals surface area contributed by atoms with Crippen LogP contribution in [0, 0.1) is 0 Å². The summed E-state index contributed by atoms with van der Waals surface area (Å²) >= 11 is 0. The Hall–Kier alpha value is -3.03. The van der Waals surface area contributed by atoms with E-state index in [1.54, 1.807) is 37.3 Å². The summed E-state index contributed by atoms with van der Waals surface area (Å²) in [5.41, 5.74) is 1.26. The van der Waals surface area contributed by atoms with Gasteiger partial charge in [0.05, 0.1) is 19.3 Å². The second kappa shape index (κ2) is 7.11. The normalized spacial score (nSPS) is 11.1. The first-order valence-electron chi connectivity index (χ1n) is 6.46. The predicted octanol–water partition coefficient (Wildman–Crippen LogP) is 1.09. The van der Waals surface area contributed by atoms with Crippen LogP contribution < -0.4 is 0 Å². The van der Waals surface area contributed by atoms with E-state index in [-0.39, 0.29) is 18.0 Å². The van der Waals surface area contributed by atoms with Crippen molar-refractivity contribution in [2.75, 3.05) is 13.7 Å². The zero-order chi connectivity index (χ0) is 15.9. The number of rotatable bonds is 5. The number of carbonyl (C=O) groups excluding carboxylic acids is 2. The van der Waals surface area contributed by atoms with Crippen LogP contribution in [0.5, 0.6) is 0 Å². The van der Waals surface area contributed by atoms with Crippen LogP contribution in [0.3, 0.4) is 0 Å². The highest BCUT2D eigenvalue weighted by atomic mass is 16.5. The number of ether oxygens (including phenoxy) is 2. The Morgan fingerprint density at radius 3 is 2.55 bits per heavy atom. The van der Waals surface area contributed by atoms with Gasteiger partial charge in [-0.05, 0) is 35.9 Å². The molecule has 22 heavy (non-hydrogen) atoms. The van der Waals surface area contributed by atoms with Crippen LogP contribution in [-0.2, 0) is 14.3 Å². The van der Waals surface area contributed by atoms with Crippen LogP contribution in [0.15, 0.2) is 24.3 Å². The minimum absolute atomic E-state index is 0.135. The molecule has 0 spiro atoms. The van der Waals surface area contributed by atoms with Gasteiger partial charge >= 0.3 is 11.9 Å². The summed E-state index contributed by atoms with van der Waals surface area (Å²) < 4.78 is 9.60. The number of tetrazole rings is 1. The second-order valence-corrected chi connectivity index (χ2v) is 4.13. The molecule has 8 heteroatoms. The van der Waals surface area contributed by atoms with E-state index in [9.17, 15) is 9.59 Å². The van der Waals surface area contributed by atoms with Crippen molar-refractivity contribution in [3.63, 3.8) is 0 Å². The Morgan fingerprint density at radius 2 is 2.00 bits per heavy atom. The number of aromatic amines is 1. The number of esters is 2. The van der Waals surface area contributed by atoms with Gasteiger partial charge in [-0.1, -0.05) is 12.1 Å². The van der Waals surface area contributed by atoms with Crippen LogP contribution in [0.1, 0.15) is 28.7 Å². The molecule has 1 N–H and O–H groups in total. The molecule has 0 aliphatic heterocycles. The van der Waals surface area contributed by atoms with Gasteiger partial charge in [0.25, 0.3) is 0 Å². The Labute approximate surface area is 126 Å². The molecule has 2 aromatic rings. The van der Waals surface area contributed by atoms with E-state index in [0.29, 0.717) is 11.1 Å². The summed E-state index contributed by atoms with van der Waals surface area (Å²) in [6, 6.07) is 6.53. The average molecular weight is 302 g/mol. The number of carbonyl (C=O) groups is 2. The molecule has 0 radical (unpaired) electrons. The molecular weight excluding hydrogens is 288 g/mol. The van der Waals surface area contributed by atoms with Crippen LogP contribution in [-0.4, -0.2) is 46.3 Å². The molecule has 1 aromatic carbocycles. The van der Waals surface area contributed by atoms with Crippen molar-refractivity contribution in [2.45, 2.75) is 6.92 Å². The third-order valence-electron chi connectivity index (χ3n) is 2.72. The summed E-state index contributed by atoms with van der Waals surface area (Å²) in [4.78, 5) is 23.4. The quantitative estimate of drug-likeness (QED) is 0.650. The molecule has 0 fully saturated rings. The maximum Gasteiger partial charge on any atom is 0.342 e. The molecule has 0 bridgehead atoms. The van der Waals surface area contributed by atoms with Crippen molar-refractivity contribution in [3.05, 3.63) is 41.2 Å². The molecule has 0 atom stereocenters. The van der Waals surface area contributed by atoms with E-state index in [2.05, 4.69) is 25.4 Å². The van der Waals surface area contributed by atoms with Gasteiger partial charge < -0.3 is 9.47 Å². The van der Waals surface area contributed by atoms with Crippen LogP contribution in [0.4, 0.5) is 0 Å². The Kier molecular flexibility index (Phi) is 4.97. The van der Waals surface area contributed by atoms with E-state index in [0.717, 1.165) is 0 Å². The van der Waals surface area contributed by atoms with Crippen molar-refractivity contribution in [1.29, 1.82) is 0 Å². The monoisotopic (exact) mass is 302 g/mol. The standard InChI is InChI=1S/C14H14N4O4/c1-3-22-14(20)11(12-15-17-18-16-12)8-9-4-6-10(7-5-9)13(19)21-2/h4-8H,3H2,1-2H3,(H,15,16,17,18)/b11-8-. The predicted molar refractivity (Wildman–Crippen MR) is 76.5 cm³/mol. The summed E-state index contributed by atoms with van der Waals surface area (Å²) in [5, 5.41) is 13.3. The topological polar surface area (TPSA) is 107 Å². The fourth-order valence-corrected chi connectivity index (χ4v) is 1.70. The lowest BCUT2D eigenvalue weighted by atomic mass is 10.1. The van der Waals surface area contributed by atoms with Gasteiger partial charge in [-0.3, -0.25) is 0 Å². The van der Waals surface area contributed by atoms with Gasteiger partial charge in [-0.2, -0.15) is 5.21 Å². The number of nitrogens with zero attached hydrogens (tertiary/aromatic N) is 3. The SMILES string of the molecule is CCOC(=O)/C(=C\c1ccc(C(=O)OC)cc1)c1nn[nH]n1. The third kappa shape index (κ3) is 3.54. The van der Waals surface area contributed by atoms with E-state index < -0.39 is 11.9 Å². The second-order valence-electron chi connectivity index (χ2n) is 4.13. The molecule has 0 aliphatic carbocycles. The highest BCUT2D eigenvalue weighted by molar-refractivity contribution is 6.20. The zero-order valence-corrected chi connectivity index (χ0v) is 12.1. The van der Waals surface area contributed by atoms with Crippen molar-refractivity contribution in [2.24, 2.45) is 0 Å². The van der Waals surface area contributed by atoms with E-state index >= 15 is 0 Å². The largest absolute Gasteiger partial charge is 0.465 e. The first-order chi connectivity index (χ1) is 10.7. The van der Waals surface area contributed by atoms with Crippen LogP contribution >= 0.6 is 0 Å². The highest BCUT2D eigenvalue weighted by Gasteiger charge is 2.17. The van der Waals surface area contributed by atoms with Crippen LogP contribution in [0.25, 0.3) is 11.6 Å². The first kappa shape index (κ1) is 15.4. The number of hydrogen-bond donors (Lipinski definition) is 1. The Bertz CT molecular complexity index is 677. The Morgan fingerprint density at radius 1 is 1.27 bits per heavy atom. The maximum absolute atomic E-state index is 12.0. The smallest absolute Gasteiger partial charge is 0.342 e. The van der Waals surface area contributed by atoms with Crippen molar-refractivity contribution >= 4 is 23.6 Å². The Balaban J connectivity index is 2.33. The summed E-state index contributed by atoms with van der Waals surface area (Å²) in [6.45, 7) is 1.94. The molecule has 0 saturated heterocycles. The van der Waals surface area contributed by atoms with Crippen molar-refractivity contribution in [3.8, 4) is 0 Å². The minimum Gasteiger partial charge on any atom is -0.465 e. The number of hydrogen-bond acceptors (Lipinski definition) is 7. The number of H-pyrrole nitrogens is 1. The third-order valence-corrected chi connectivity index (χ3v) is 2.72. The van der Waals surface area contributed by atoms with Gasteiger partial charge in [0, 0.05) is 0 Å². The van der Waals surface area contributed by atoms with Crippen LogP contribution in [0.2, 0.25) is 0 Å². The van der Waals surface area contributed by atoms with Gasteiger partial charge in [0.1, 0.15) is 5.57 Å². The minimum atomic E-state index is -0.555. The zero-order valence-electron chi connectivity index (χ0n) is 12.1. The highest BCUT2D eigenvalue weighted by Crippen LogP contribution is 2.16. The van der Waals surface area contributed by atoms with E-state index in [1.165, 1.54) is 7.11 Å². The molecule has 0 aliphatic rings. The summed E-state index contributed by atoms with van der Waals surface area (Å²) in [7, 11) is 1.31. The number of aromatic nitrogens is 4. The molecular formula is C14H14N4O4. The summed E-state index contributed by atoms with van der Waals surface area (Å²) in [5.74, 6) is -0.851. The molecule has 1 heterocycles. The van der Waals surface area contributed by atoms with E-state index in [4.69, 9.17) is 4.74 Å². The number of methoxy groups -OCH3 is 1. The molecule has 8 nitrogen and oxygen atoms in total. The van der Waals surface area contributed by atoms with Gasteiger partial charge in [0.2, 0.25) is 5.82 Å². The average Bonchev–Trinajstić information content (AvgIpc) is 3.06. The van der Waals surface area contributed by atoms with Gasteiger partial charge in [-0.25, -0.2) is 9.59 Å². The van der Waals surface area contributed by atoms with Crippen molar-refractivity contribution in [1.82, 2.24) is 20.6 Å². The van der Waals surface area contributed by atoms with Gasteiger partial charge in [0.15, 0.2) is 0 Å². The molecule has 114 valence electrons. The molecule has 2 rings (SSSR count). The van der Waals surface area contributed by atoms with Gasteiger partial charge in [-0.15, -0.1) is 10.2 Å². The molecule has 0 amide bonds. The lowest BCUT2D eigenvalue weighted by Crippen LogP contribution is -2.08. The fourth-order valence-electron chi connectivity index (χ4n) is 1.70. The summed E-state index contributed by atoms with van der Waals surface area (Å²) in [6.07, 6.45) is 1.56. The molecule has 0 unspecified atom stereocenters. The molecule has 0 saturated carbocycles. The molecule has 1 aromatic heterocycles. The van der Waals surface area contributed by atoms with Crippen molar-refractivity contribution < 1.29 is 19.1 Å². The number of nitrogens with one attached hydrogen (secondary N) is 1. The fraction of sp³-hybridized carbons (Fsp3) is 0.214. The lowest BCUT2D eigenvalue weighted by Gasteiger charge is -2.04. The lowest BCUT2D eigenvalue weighted by molar-refractivity contribution is -0.136.